The summed E-state index contributed by atoms with van der Waals surface area (Å²) in [4.78, 5) is 26.3. The number of aliphatic imine (C=N–C) groups is 1. The molecular formula is C19H14N2O5. The van der Waals surface area contributed by atoms with Crippen molar-refractivity contribution in [1.82, 2.24) is 0 Å². The fourth-order valence-electron chi connectivity index (χ4n) is 2.27. The van der Waals surface area contributed by atoms with Crippen molar-refractivity contribution in [3.05, 3.63) is 81.5 Å². The Labute approximate surface area is 149 Å². The minimum absolute atomic E-state index is 0.0608. The van der Waals surface area contributed by atoms with Crippen LogP contribution in [0.5, 0.6) is 5.75 Å². The molecule has 0 unspecified atom stereocenters. The molecule has 1 aliphatic rings. The molecule has 26 heavy (non-hydrogen) atoms. The van der Waals surface area contributed by atoms with E-state index >= 15 is 0 Å². The quantitative estimate of drug-likeness (QED) is 0.355. The molecule has 1 aliphatic heterocycles. The predicted molar refractivity (Wildman–Crippen MR) is 96.6 cm³/mol. The van der Waals surface area contributed by atoms with Crippen molar-refractivity contribution in [2.45, 2.75) is 0 Å². The number of non-ortho nitro benzene ring substituents is 1. The lowest BCUT2D eigenvalue weighted by Gasteiger charge is -1.98. The number of carbonyl (C=O) groups excluding carboxylic acids is 1. The molecule has 0 N–H and O–H groups in total. The second-order valence-corrected chi connectivity index (χ2v) is 5.33. The van der Waals surface area contributed by atoms with Crippen molar-refractivity contribution in [1.29, 1.82) is 0 Å². The second kappa shape index (κ2) is 7.43. The van der Waals surface area contributed by atoms with Gasteiger partial charge in [-0.1, -0.05) is 24.3 Å². The van der Waals surface area contributed by atoms with Gasteiger partial charge in [0.05, 0.1) is 12.0 Å². The number of hydrogen-bond donors (Lipinski definition) is 0. The van der Waals surface area contributed by atoms with Gasteiger partial charge in [-0.3, -0.25) is 10.1 Å². The molecule has 2 aromatic rings. The Hall–Kier alpha value is -3.74. The van der Waals surface area contributed by atoms with Crippen LogP contribution >= 0.6 is 0 Å². The zero-order valence-corrected chi connectivity index (χ0v) is 13.8. The molecule has 2 aromatic carbocycles. The molecule has 0 saturated carbocycles. The number of nitrogens with zero attached hydrogens (tertiary/aromatic N) is 2. The van der Waals surface area contributed by atoms with E-state index < -0.39 is 10.9 Å². The van der Waals surface area contributed by atoms with Crippen LogP contribution in [0, 0.1) is 10.1 Å². The van der Waals surface area contributed by atoms with Gasteiger partial charge in [-0.05, 0) is 35.4 Å². The van der Waals surface area contributed by atoms with Crippen LogP contribution in [0.15, 0.2) is 65.3 Å². The van der Waals surface area contributed by atoms with Crippen molar-refractivity contribution >= 4 is 29.7 Å². The van der Waals surface area contributed by atoms with E-state index in [0.717, 1.165) is 11.3 Å². The zero-order chi connectivity index (χ0) is 18.5. The van der Waals surface area contributed by atoms with Crippen molar-refractivity contribution in [2.75, 3.05) is 7.11 Å². The summed E-state index contributed by atoms with van der Waals surface area (Å²) in [6.07, 6.45) is 4.78. The van der Waals surface area contributed by atoms with Gasteiger partial charge >= 0.3 is 5.97 Å². The van der Waals surface area contributed by atoms with Gasteiger partial charge in [-0.25, -0.2) is 9.79 Å². The molecule has 1 heterocycles. The first-order valence-corrected chi connectivity index (χ1v) is 7.64. The molecule has 0 aliphatic carbocycles. The number of hydrogen-bond acceptors (Lipinski definition) is 6. The summed E-state index contributed by atoms with van der Waals surface area (Å²) in [7, 11) is 1.59. The smallest absolute Gasteiger partial charge is 0.363 e. The van der Waals surface area contributed by atoms with E-state index in [1.165, 1.54) is 18.2 Å². The molecule has 0 fully saturated rings. The third kappa shape index (κ3) is 4.02. The third-order valence-electron chi connectivity index (χ3n) is 3.56. The van der Waals surface area contributed by atoms with Crippen LogP contribution in [0.25, 0.3) is 12.2 Å². The maximum absolute atomic E-state index is 11.9. The molecule has 7 nitrogen and oxygen atoms in total. The number of ether oxygens (including phenoxy) is 2. The first kappa shape index (κ1) is 17.1. The number of rotatable bonds is 5. The van der Waals surface area contributed by atoms with Gasteiger partial charge in [0, 0.05) is 18.2 Å². The molecule has 0 radical (unpaired) electrons. The molecule has 0 bridgehead atoms. The minimum Gasteiger partial charge on any atom is -0.497 e. The number of methoxy groups -OCH3 is 1. The highest BCUT2D eigenvalue weighted by Crippen LogP contribution is 2.20. The van der Waals surface area contributed by atoms with E-state index in [4.69, 9.17) is 9.47 Å². The van der Waals surface area contributed by atoms with Crippen LogP contribution in [-0.4, -0.2) is 23.9 Å². The van der Waals surface area contributed by atoms with Crippen LogP contribution < -0.4 is 4.74 Å². The summed E-state index contributed by atoms with van der Waals surface area (Å²) in [5, 5.41) is 10.8. The van der Waals surface area contributed by atoms with Crippen LogP contribution in [-0.2, 0) is 9.53 Å². The molecule has 3 rings (SSSR count). The molecule has 0 saturated heterocycles. The van der Waals surface area contributed by atoms with E-state index in [9.17, 15) is 14.9 Å². The fraction of sp³-hybridized carbons (Fsp3) is 0.0526. The number of benzene rings is 2. The monoisotopic (exact) mass is 350 g/mol. The molecule has 7 heteroatoms. The number of esters is 1. The van der Waals surface area contributed by atoms with Gasteiger partial charge in [0.15, 0.2) is 5.70 Å². The maximum Gasteiger partial charge on any atom is 0.363 e. The summed E-state index contributed by atoms with van der Waals surface area (Å²) >= 11 is 0. The largest absolute Gasteiger partial charge is 0.497 e. The highest BCUT2D eigenvalue weighted by atomic mass is 16.6. The molecular weight excluding hydrogens is 336 g/mol. The van der Waals surface area contributed by atoms with E-state index in [-0.39, 0.29) is 17.3 Å². The Kier molecular flexibility index (Phi) is 4.89. The summed E-state index contributed by atoms with van der Waals surface area (Å²) in [6, 6.07) is 13.3. The van der Waals surface area contributed by atoms with Crippen LogP contribution in [0.4, 0.5) is 5.69 Å². The minimum atomic E-state index is -0.606. The van der Waals surface area contributed by atoms with Gasteiger partial charge in [0.1, 0.15) is 5.75 Å². The highest BCUT2D eigenvalue weighted by Gasteiger charge is 2.21. The van der Waals surface area contributed by atoms with Gasteiger partial charge in [-0.15, -0.1) is 0 Å². The van der Waals surface area contributed by atoms with Gasteiger partial charge < -0.3 is 9.47 Å². The van der Waals surface area contributed by atoms with Crippen molar-refractivity contribution in [3.63, 3.8) is 0 Å². The third-order valence-corrected chi connectivity index (χ3v) is 3.56. The zero-order valence-electron chi connectivity index (χ0n) is 13.8. The lowest BCUT2D eigenvalue weighted by Crippen LogP contribution is -2.01. The van der Waals surface area contributed by atoms with Crippen LogP contribution in [0.3, 0.4) is 0 Å². The van der Waals surface area contributed by atoms with Crippen molar-refractivity contribution in [2.24, 2.45) is 4.99 Å². The fourth-order valence-corrected chi connectivity index (χ4v) is 2.27. The van der Waals surface area contributed by atoms with Gasteiger partial charge in [0.2, 0.25) is 5.90 Å². The maximum atomic E-state index is 11.9. The normalized spacial score (nSPS) is 15.2. The Balaban J connectivity index is 1.78. The number of nitro groups is 1. The van der Waals surface area contributed by atoms with Gasteiger partial charge in [-0.2, -0.15) is 0 Å². The second-order valence-electron chi connectivity index (χ2n) is 5.33. The lowest BCUT2D eigenvalue weighted by molar-refractivity contribution is -0.384. The molecule has 0 aromatic heterocycles. The Bertz CT molecular complexity index is 943. The first-order chi connectivity index (χ1) is 12.5. The Morgan fingerprint density at radius 1 is 1.12 bits per heavy atom. The predicted octanol–water partition coefficient (Wildman–Crippen LogP) is 3.61. The van der Waals surface area contributed by atoms with Crippen molar-refractivity contribution < 1.29 is 19.2 Å². The Morgan fingerprint density at radius 3 is 2.58 bits per heavy atom. The first-order valence-electron chi connectivity index (χ1n) is 7.64. The van der Waals surface area contributed by atoms with Crippen LogP contribution in [0.2, 0.25) is 0 Å². The SMILES string of the molecule is COc1ccc(/C=C/C2=NC(=C\c3cccc([N+](=O)[O-])c3)/C(=O)O2)cc1. The van der Waals surface area contributed by atoms with E-state index in [1.807, 2.05) is 24.3 Å². The standard InChI is InChI=1S/C19H14N2O5/c1-25-16-8-5-13(6-9-16)7-10-18-20-17(19(22)26-18)12-14-3-2-4-15(11-14)21(23)24/h2-12H,1H3/b10-7+,17-12-. The topological polar surface area (TPSA) is 91.0 Å². The van der Waals surface area contributed by atoms with Crippen molar-refractivity contribution in [3.8, 4) is 5.75 Å². The number of carbonyl (C=O) groups is 1. The number of nitro benzene ring substituents is 1. The Morgan fingerprint density at radius 2 is 1.88 bits per heavy atom. The number of cyclic esters (lactones) is 1. The van der Waals surface area contributed by atoms with Crippen LogP contribution in [0.1, 0.15) is 11.1 Å². The lowest BCUT2D eigenvalue weighted by atomic mass is 10.2. The summed E-state index contributed by atoms with van der Waals surface area (Å²) in [5.41, 5.74) is 1.41. The average molecular weight is 350 g/mol. The summed E-state index contributed by atoms with van der Waals surface area (Å²) in [5.74, 6) is 0.294. The highest BCUT2D eigenvalue weighted by molar-refractivity contribution is 6.11. The average Bonchev–Trinajstić information content (AvgIpc) is 3.00. The summed E-state index contributed by atoms with van der Waals surface area (Å²) < 4.78 is 10.2. The molecule has 0 spiro atoms. The van der Waals surface area contributed by atoms with E-state index in [1.54, 1.807) is 31.4 Å². The van der Waals surface area contributed by atoms with Gasteiger partial charge in [0.25, 0.3) is 5.69 Å². The summed E-state index contributed by atoms with van der Waals surface area (Å²) in [6.45, 7) is 0. The van der Waals surface area contributed by atoms with E-state index in [0.29, 0.717) is 5.56 Å². The van der Waals surface area contributed by atoms with E-state index in [2.05, 4.69) is 4.99 Å². The molecule has 0 amide bonds. The molecule has 130 valence electrons. The molecule has 0 atom stereocenters.